The third kappa shape index (κ3) is 4.26. The van der Waals surface area contributed by atoms with Gasteiger partial charge in [-0.05, 0) is 53.8 Å². The number of fused-ring (bicyclic) bond motifs is 1. The number of anilines is 2. The summed E-state index contributed by atoms with van der Waals surface area (Å²) >= 11 is 6.43. The number of alkyl halides is 3. The molecule has 36 heavy (non-hydrogen) atoms. The van der Waals surface area contributed by atoms with Gasteiger partial charge >= 0.3 is 12.1 Å². The van der Waals surface area contributed by atoms with Crippen molar-refractivity contribution in [1.29, 1.82) is 0 Å². The quantitative estimate of drug-likeness (QED) is 0.377. The van der Waals surface area contributed by atoms with E-state index in [1.54, 1.807) is 36.4 Å². The van der Waals surface area contributed by atoms with Crippen molar-refractivity contribution in [3.8, 4) is 0 Å². The van der Waals surface area contributed by atoms with Gasteiger partial charge in [-0.1, -0.05) is 54.1 Å². The third-order valence-corrected chi connectivity index (χ3v) is 6.84. The SMILES string of the molecule is O=C1C[C@@H](c2ccc(F)cc2)CC2=C1[C@@H](c1ccccc1Cl)N(C(=O)C(F)(F)F)c1ccccc1N2. The number of carbonyl (C=O) groups is 2. The molecule has 5 rings (SSSR count). The van der Waals surface area contributed by atoms with Crippen molar-refractivity contribution in [3.05, 3.63) is 106 Å². The number of amides is 1. The van der Waals surface area contributed by atoms with Crippen molar-refractivity contribution in [2.24, 2.45) is 0 Å². The molecular weight excluding hydrogens is 496 g/mol. The Morgan fingerprint density at radius 1 is 0.944 bits per heavy atom. The summed E-state index contributed by atoms with van der Waals surface area (Å²) in [5, 5.41) is 3.27. The van der Waals surface area contributed by atoms with Gasteiger partial charge in [-0.25, -0.2) is 4.39 Å². The van der Waals surface area contributed by atoms with E-state index in [4.69, 9.17) is 11.6 Å². The lowest BCUT2D eigenvalue weighted by atomic mass is 9.78. The minimum Gasteiger partial charge on any atom is -0.357 e. The molecule has 1 amide bonds. The summed E-state index contributed by atoms with van der Waals surface area (Å²) in [7, 11) is 0. The number of nitrogens with one attached hydrogen (secondary N) is 1. The van der Waals surface area contributed by atoms with E-state index in [1.165, 1.54) is 36.4 Å². The van der Waals surface area contributed by atoms with Crippen LogP contribution in [0.1, 0.15) is 35.9 Å². The summed E-state index contributed by atoms with van der Waals surface area (Å²) in [5.74, 6) is -3.27. The van der Waals surface area contributed by atoms with E-state index in [2.05, 4.69) is 5.32 Å². The van der Waals surface area contributed by atoms with E-state index in [9.17, 15) is 27.2 Å². The molecule has 0 bridgehead atoms. The predicted octanol–water partition coefficient (Wildman–Crippen LogP) is 6.94. The average molecular weight is 515 g/mol. The van der Waals surface area contributed by atoms with E-state index in [1.807, 2.05) is 0 Å². The molecule has 3 aromatic rings. The first kappa shape index (κ1) is 24.1. The predicted molar refractivity (Wildman–Crippen MR) is 128 cm³/mol. The highest BCUT2D eigenvalue weighted by molar-refractivity contribution is 6.31. The highest BCUT2D eigenvalue weighted by Crippen LogP contribution is 2.49. The zero-order valence-electron chi connectivity index (χ0n) is 18.7. The van der Waals surface area contributed by atoms with Gasteiger partial charge in [0, 0.05) is 22.7 Å². The van der Waals surface area contributed by atoms with Crippen molar-refractivity contribution in [2.45, 2.75) is 31.0 Å². The number of allylic oxidation sites excluding steroid dienone is 1. The van der Waals surface area contributed by atoms with Crippen molar-refractivity contribution in [1.82, 2.24) is 0 Å². The van der Waals surface area contributed by atoms with E-state index in [0.29, 0.717) is 10.6 Å². The summed E-state index contributed by atoms with van der Waals surface area (Å²) in [4.78, 5) is 27.2. The molecule has 1 N–H and O–H groups in total. The summed E-state index contributed by atoms with van der Waals surface area (Å²) in [6, 6.07) is 16.7. The molecule has 1 heterocycles. The topological polar surface area (TPSA) is 49.4 Å². The second-order valence-electron chi connectivity index (χ2n) is 8.71. The standard InChI is InChI=1S/C27H19ClF4N2O2/c28-19-6-2-1-5-18(19)25-24-21(13-16(14-23(24)35)15-9-11-17(29)12-10-15)33-20-7-3-4-8-22(20)34(25)26(36)27(30,31)32/h1-12,16,25,33H,13-14H2/t16-,25+/m0/s1. The average Bonchev–Trinajstić information content (AvgIpc) is 2.98. The van der Waals surface area contributed by atoms with E-state index in [0.717, 1.165) is 5.56 Å². The first-order chi connectivity index (χ1) is 17.1. The van der Waals surface area contributed by atoms with Crippen LogP contribution in [0.3, 0.4) is 0 Å². The maximum absolute atomic E-state index is 13.9. The molecule has 0 radical (unpaired) electrons. The lowest BCUT2D eigenvalue weighted by Crippen LogP contribution is -2.45. The van der Waals surface area contributed by atoms with Crippen molar-refractivity contribution < 1.29 is 27.2 Å². The van der Waals surface area contributed by atoms with Crippen molar-refractivity contribution in [2.75, 3.05) is 10.2 Å². The lowest BCUT2D eigenvalue weighted by Gasteiger charge is -2.35. The monoisotopic (exact) mass is 514 g/mol. The fraction of sp³-hybridized carbons (Fsp3) is 0.185. The van der Waals surface area contributed by atoms with Crippen LogP contribution < -0.4 is 10.2 Å². The van der Waals surface area contributed by atoms with Gasteiger partial charge in [-0.2, -0.15) is 13.2 Å². The minimum atomic E-state index is -5.20. The number of Topliss-reactive ketones (excluding diaryl/α,β-unsaturated/α-hetero) is 1. The molecule has 184 valence electrons. The van der Waals surface area contributed by atoms with Crippen LogP contribution in [0.2, 0.25) is 5.02 Å². The fourth-order valence-electron chi connectivity index (χ4n) is 4.91. The van der Waals surface area contributed by atoms with E-state index in [-0.39, 0.29) is 46.3 Å². The Bertz CT molecular complexity index is 1390. The molecule has 0 unspecified atom stereocenters. The zero-order chi connectivity index (χ0) is 25.6. The number of para-hydroxylation sites is 2. The molecule has 2 aliphatic rings. The Morgan fingerprint density at radius 3 is 2.31 bits per heavy atom. The Balaban J connectivity index is 1.74. The molecule has 9 heteroatoms. The molecule has 0 aromatic heterocycles. The summed E-state index contributed by atoms with van der Waals surface area (Å²) < 4.78 is 55.2. The van der Waals surface area contributed by atoms with Crippen LogP contribution in [0.15, 0.2) is 84.1 Å². The van der Waals surface area contributed by atoms with Crippen molar-refractivity contribution >= 4 is 34.7 Å². The molecular formula is C27H19ClF4N2O2. The first-order valence-electron chi connectivity index (χ1n) is 11.2. The van der Waals surface area contributed by atoms with Crippen LogP contribution in [0.5, 0.6) is 0 Å². The molecule has 0 saturated heterocycles. The number of halogens is 5. The van der Waals surface area contributed by atoms with E-state index < -0.39 is 29.7 Å². The number of rotatable bonds is 2. The number of carbonyl (C=O) groups excluding carboxylic acids is 2. The zero-order valence-corrected chi connectivity index (χ0v) is 19.4. The Labute approximate surface area is 209 Å². The third-order valence-electron chi connectivity index (χ3n) is 6.49. The molecule has 0 spiro atoms. The van der Waals surface area contributed by atoms with E-state index >= 15 is 0 Å². The van der Waals surface area contributed by atoms with Gasteiger partial charge in [-0.15, -0.1) is 0 Å². The van der Waals surface area contributed by atoms with Crippen LogP contribution in [0.25, 0.3) is 0 Å². The molecule has 3 aromatic carbocycles. The minimum absolute atomic E-state index is 0.0164. The van der Waals surface area contributed by atoms with Gasteiger partial charge in [0.25, 0.3) is 0 Å². The second kappa shape index (κ2) is 9.09. The molecule has 0 saturated carbocycles. The summed E-state index contributed by atoms with van der Waals surface area (Å²) in [6.07, 6.45) is -4.94. The van der Waals surface area contributed by atoms with Gasteiger partial charge in [0.1, 0.15) is 5.82 Å². The maximum atomic E-state index is 13.9. The normalized spacial score (nSPS) is 19.8. The van der Waals surface area contributed by atoms with Crippen LogP contribution in [-0.4, -0.2) is 17.9 Å². The second-order valence-corrected chi connectivity index (χ2v) is 9.12. The molecule has 1 aliphatic carbocycles. The molecule has 2 atom stereocenters. The largest absolute Gasteiger partial charge is 0.471 e. The molecule has 0 fully saturated rings. The highest BCUT2D eigenvalue weighted by Gasteiger charge is 2.50. The Hall–Kier alpha value is -3.65. The highest BCUT2D eigenvalue weighted by atomic mass is 35.5. The summed E-state index contributed by atoms with van der Waals surface area (Å²) in [6.45, 7) is 0. The van der Waals surface area contributed by atoms with Gasteiger partial charge in [0.05, 0.1) is 17.4 Å². The van der Waals surface area contributed by atoms with Crippen molar-refractivity contribution in [3.63, 3.8) is 0 Å². The molecule has 4 nitrogen and oxygen atoms in total. The number of hydrogen-bond acceptors (Lipinski definition) is 3. The van der Waals surface area contributed by atoms with Gasteiger partial charge in [0.15, 0.2) is 5.78 Å². The Kier molecular flexibility index (Phi) is 6.08. The first-order valence-corrected chi connectivity index (χ1v) is 11.6. The van der Waals surface area contributed by atoms with Crippen LogP contribution in [-0.2, 0) is 9.59 Å². The van der Waals surface area contributed by atoms with Crippen LogP contribution in [0.4, 0.5) is 28.9 Å². The maximum Gasteiger partial charge on any atom is 0.471 e. The number of hydrogen-bond donors (Lipinski definition) is 1. The number of nitrogens with zero attached hydrogens (tertiary/aromatic N) is 1. The summed E-state index contributed by atoms with van der Waals surface area (Å²) in [5.41, 5.74) is 1.62. The van der Waals surface area contributed by atoms with Gasteiger partial charge < -0.3 is 5.32 Å². The molecule has 1 aliphatic heterocycles. The smallest absolute Gasteiger partial charge is 0.357 e. The Morgan fingerprint density at radius 2 is 1.61 bits per heavy atom. The van der Waals surface area contributed by atoms with Crippen LogP contribution >= 0.6 is 11.6 Å². The number of ketones is 1. The lowest BCUT2D eigenvalue weighted by molar-refractivity contribution is -0.170. The fourth-order valence-corrected chi connectivity index (χ4v) is 5.15. The van der Waals surface area contributed by atoms with Crippen LogP contribution in [0, 0.1) is 5.82 Å². The van der Waals surface area contributed by atoms with Gasteiger partial charge in [-0.3, -0.25) is 14.5 Å². The van der Waals surface area contributed by atoms with Gasteiger partial charge in [0.2, 0.25) is 0 Å². The number of benzene rings is 3.